The van der Waals surface area contributed by atoms with E-state index in [1.807, 2.05) is 19.1 Å². The summed E-state index contributed by atoms with van der Waals surface area (Å²) in [5.74, 6) is -1.03. The van der Waals surface area contributed by atoms with Gasteiger partial charge < -0.3 is 10.6 Å². The maximum Gasteiger partial charge on any atom is 0.267 e. The third-order valence-corrected chi connectivity index (χ3v) is 4.72. The third-order valence-electron chi connectivity index (χ3n) is 4.72. The summed E-state index contributed by atoms with van der Waals surface area (Å²) in [7, 11) is 0. The van der Waals surface area contributed by atoms with E-state index in [0.717, 1.165) is 16.7 Å². The molecule has 0 aliphatic heterocycles. The second-order valence-electron chi connectivity index (χ2n) is 7.13. The average Bonchev–Trinajstić information content (AvgIpc) is 2.71. The molecule has 3 aromatic rings. The van der Waals surface area contributed by atoms with E-state index in [2.05, 4.69) is 15.7 Å². The van der Waals surface area contributed by atoms with Gasteiger partial charge in [-0.2, -0.15) is 5.10 Å². The van der Waals surface area contributed by atoms with Crippen LogP contribution in [0.4, 0.5) is 15.8 Å². The van der Waals surface area contributed by atoms with Gasteiger partial charge in [0.1, 0.15) is 12.4 Å². The number of halogens is 1. The number of aryl methyl sites for hydroxylation is 2. The van der Waals surface area contributed by atoms with Crippen molar-refractivity contribution in [3.8, 4) is 11.3 Å². The molecule has 0 unspecified atom stereocenters. The molecular weight excluding hydrogens is 399 g/mol. The molecule has 2 amide bonds. The number of hydrogen-bond donors (Lipinski definition) is 2. The van der Waals surface area contributed by atoms with Crippen molar-refractivity contribution in [1.82, 2.24) is 9.78 Å². The zero-order valence-electron chi connectivity index (χ0n) is 17.5. The van der Waals surface area contributed by atoms with E-state index in [9.17, 15) is 18.8 Å². The van der Waals surface area contributed by atoms with Crippen LogP contribution >= 0.6 is 0 Å². The summed E-state index contributed by atoms with van der Waals surface area (Å²) in [6.45, 7) is 4.80. The summed E-state index contributed by atoms with van der Waals surface area (Å²) in [6, 6.07) is 12.5. The van der Waals surface area contributed by atoms with Crippen LogP contribution in [0.3, 0.4) is 0 Å². The Morgan fingerprint density at radius 2 is 1.81 bits per heavy atom. The molecule has 0 spiro atoms. The van der Waals surface area contributed by atoms with Crippen LogP contribution in [-0.4, -0.2) is 21.6 Å². The quantitative estimate of drug-likeness (QED) is 0.636. The van der Waals surface area contributed by atoms with Crippen LogP contribution in [0.15, 0.2) is 53.3 Å². The third kappa shape index (κ3) is 5.42. The Morgan fingerprint density at radius 3 is 2.48 bits per heavy atom. The zero-order chi connectivity index (χ0) is 22.5. The van der Waals surface area contributed by atoms with Gasteiger partial charge in [0.15, 0.2) is 0 Å². The minimum absolute atomic E-state index is 0.183. The Kier molecular flexibility index (Phi) is 6.59. The number of amides is 2. The molecule has 160 valence electrons. The van der Waals surface area contributed by atoms with Crippen LogP contribution in [0.2, 0.25) is 0 Å². The molecule has 0 saturated heterocycles. The van der Waals surface area contributed by atoms with Crippen molar-refractivity contribution in [2.75, 3.05) is 10.6 Å². The van der Waals surface area contributed by atoms with Crippen molar-refractivity contribution >= 4 is 23.2 Å². The van der Waals surface area contributed by atoms with E-state index < -0.39 is 17.3 Å². The standard InChI is InChI=1S/C23H23FN4O3/c1-4-16-5-6-17(12-21(16)25-15(3)29)20-9-10-23(31)28(27-20)13-22(30)26-19-8-7-18(24)11-14(19)2/h5-12H,4,13H2,1-3H3,(H,25,29)(H,26,30). The predicted molar refractivity (Wildman–Crippen MR) is 117 cm³/mol. The summed E-state index contributed by atoms with van der Waals surface area (Å²) in [5, 5.41) is 9.78. The smallest absolute Gasteiger partial charge is 0.267 e. The minimum Gasteiger partial charge on any atom is -0.326 e. The number of nitrogens with zero attached hydrogens (tertiary/aromatic N) is 2. The number of hydrogen-bond acceptors (Lipinski definition) is 4. The molecular formula is C23H23FN4O3. The van der Waals surface area contributed by atoms with Gasteiger partial charge in [-0.25, -0.2) is 9.07 Å². The molecule has 1 heterocycles. The lowest BCUT2D eigenvalue weighted by atomic mass is 10.0. The maximum atomic E-state index is 13.2. The topological polar surface area (TPSA) is 93.1 Å². The second kappa shape index (κ2) is 9.34. The first-order valence-electron chi connectivity index (χ1n) is 9.82. The highest BCUT2D eigenvalue weighted by molar-refractivity contribution is 5.91. The molecule has 31 heavy (non-hydrogen) atoms. The first kappa shape index (κ1) is 21.9. The highest BCUT2D eigenvalue weighted by Gasteiger charge is 2.12. The summed E-state index contributed by atoms with van der Waals surface area (Å²) in [5.41, 5.74) is 3.44. The maximum absolute atomic E-state index is 13.2. The van der Waals surface area contributed by atoms with Gasteiger partial charge in [0.25, 0.3) is 5.56 Å². The molecule has 3 rings (SSSR count). The lowest BCUT2D eigenvalue weighted by Gasteiger charge is -2.12. The van der Waals surface area contributed by atoms with E-state index in [1.165, 1.54) is 31.2 Å². The van der Waals surface area contributed by atoms with Gasteiger partial charge in [-0.05, 0) is 54.8 Å². The van der Waals surface area contributed by atoms with Gasteiger partial charge in [-0.3, -0.25) is 14.4 Å². The molecule has 7 nitrogen and oxygen atoms in total. The van der Waals surface area contributed by atoms with Crippen LogP contribution in [-0.2, 0) is 22.6 Å². The van der Waals surface area contributed by atoms with Crippen molar-refractivity contribution in [3.63, 3.8) is 0 Å². The Balaban J connectivity index is 1.85. The molecule has 0 radical (unpaired) electrons. The van der Waals surface area contributed by atoms with Crippen molar-refractivity contribution < 1.29 is 14.0 Å². The number of benzene rings is 2. The van der Waals surface area contributed by atoms with Gasteiger partial charge in [0, 0.05) is 29.9 Å². The highest BCUT2D eigenvalue weighted by atomic mass is 19.1. The summed E-state index contributed by atoms with van der Waals surface area (Å²) in [6.07, 6.45) is 0.742. The van der Waals surface area contributed by atoms with Gasteiger partial charge in [-0.15, -0.1) is 0 Å². The number of aromatic nitrogens is 2. The normalized spacial score (nSPS) is 10.6. The van der Waals surface area contributed by atoms with Crippen molar-refractivity contribution in [1.29, 1.82) is 0 Å². The van der Waals surface area contributed by atoms with Crippen LogP contribution < -0.4 is 16.2 Å². The van der Waals surface area contributed by atoms with E-state index >= 15 is 0 Å². The van der Waals surface area contributed by atoms with Gasteiger partial charge in [0.05, 0.1) is 5.69 Å². The lowest BCUT2D eigenvalue weighted by Crippen LogP contribution is -2.29. The van der Waals surface area contributed by atoms with E-state index in [1.54, 1.807) is 19.1 Å². The van der Waals surface area contributed by atoms with Gasteiger partial charge in [-0.1, -0.05) is 19.1 Å². The first-order chi connectivity index (χ1) is 14.8. The molecule has 8 heteroatoms. The monoisotopic (exact) mass is 422 g/mol. The molecule has 0 fully saturated rings. The predicted octanol–water partition coefficient (Wildman–Crippen LogP) is 3.52. The van der Waals surface area contributed by atoms with E-state index in [-0.39, 0.29) is 12.5 Å². The molecule has 0 atom stereocenters. The largest absolute Gasteiger partial charge is 0.326 e. The molecule has 0 bridgehead atoms. The summed E-state index contributed by atoms with van der Waals surface area (Å²) >= 11 is 0. The number of carbonyl (C=O) groups excluding carboxylic acids is 2. The van der Waals surface area contributed by atoms with Crippen LogP contribution in [0.25, 0.3) is 11.3 Å². The number of rotatable bonds is 6. The van der Waals surface area contributed by atoms with Crippen LogP contribution in [0.1, 0.15) is 25.0 Å². The van der Waals surface area contributed by atoms with Gasteiger partial charge in [0.2, 0.25) is 11.8 Å². The molecule has 0 saturated carbocycles. The Hall–Kier alpha value is -3.81. The van der Waals surface area contributed by atoms with Crippen molar-refractivity contribution in [3.05, 3.63) is 75.8 Å². The fourth-order valence-electron chi connectivity index (χ4n) is 3.16. The Bertz CT molecular complexity index is 1200. The highest BCUT2D eigenvalue weighted by Crippen LogP contribution is 2.24. The fraction of sp³-hybridized carbons (Fsp3) is 0.217. The Labute approximate surface area is 178 Å². The molecule has 0 aliphatic rings. The lowest BCUT2D eigenvalue weighted by molar-refractivity contribution is -0.117. The minimum atomic E-state index is -0.457. The van der Waals surface area contributed by atoms with E-state index in [0.29, 0.717) is 28.2 Å². The van der Waals surface area contributed by atoms with Crippen LogP contribution in [0.5, 0.6) is 0 Å². The number of carbonyl (C=O) groups is 2. The fourth-order valence-corrected chi connectivity index (χ4v) is 3.16. The first-order valence-corrected chi connectivity index (χ1v) is 9.82. The number of anilines is 2. The number of nitrogens with one attached hydrogen (secondary N) is 2. The summed E-state index contributed by atoms with van der Waals surface area (Å²) in [4.78, 5) is 36.2. The second-order valence-corrected chi connectivity index (χ2v) is 7.13. The summed E-state index contributed by atoms with van der Waals surface area (Å²) < 4.78 is 14.3. The zero-order valence-corrected chi connectivity index (χ0v) is 17.5. The van der Waals surface area contributed by atoms with E-state index in [4.69, 9.17) is 0 Å². The van der Waals surface area contributed by atoms with Crippen LogP contribution in [0, 0.1) is 12.7 Å². The molecule has 1 aromatic heterocycles. The molecule has 2 aromatic carbocycles. The Morgan fingerprint density at radius 1 is 1.03 bits per heavy atom. The van der Waals surface area contributed by atoms with Gasteiger partial charge >= 0.3 is 0 Å². The van der Waals surface area contributed by atoms with Crippen molar-refractivity contribution in [2.45, 2.75) is 33.7 Å². The SMILES string of the molecule is CCc1ccc(-c2ccc(=O)n(CC(=O)Nc3ccc(F)cc3C)n2)cc1NC(C)=O. The molecule has 0 aliphatic carbocycles. The average molecular weight is 422 g/mol. The molecule has 2 N–H and O–H groups in total. The van der Waals surface area contributed by atoms with Crippen molar-refractivity contribution in [2.24, 2.45) is 0 Å².